The van der Waals surface area contributed by atoms with Gasteiger partial charge in [-0.2, -0.15) is 0 Å². The first-order valence-electron chi connectivity index (χ1n) is 15.4. The van der Waals surface area contributed by atoms with E-state index in [1.165, 1.54) is 5.57 Å². The van der Waals surface area contributed by atoms with Gasteiger partial charge in [-0.3, -0.25) is 14.6 Å². The van der Waals surface area contributed by atoms with Crippen molar-refractivity contribution in [3.63, 3.8) is 0 Å². The van der Waals surface area contributed by atoms with Crippen LogP contribution in [-0.2, 0) is 9.59 Å². The highest BCUT2D eigenvalue weighted by molar-refractivity contribution is 5.97. The summed E-state index contributed by atoms with van der Waals surface area (Å²) in [6, 6.07) is 7.12. The lowest BCUT2D eigenvalue weighted by atomic mass is 9.46. The van der Waals surface area contributed by atoms with Crippen LogP contribution in [0, 0.1) is 34.5 Å². The lowest BCUT2D eigenvalue weighted by molar-refractivity contribution is -0.144. The largest absolute Gasteiger partial charge is 0.393 e. The summed E-state index contributed by atoms with van der Waals surface area (Å²) in [5.74, 6) is 0.756. The SMILES string of the molecule is C[C@]12C[C@H](O)[C@H]3[C@@H](CCC4=CC(=NCCC(=O)NCCNc5ccc(N=[N+]=[N-])cc5)CC[C@@]43C)[C@@H]1CC[C@@H]2C(=O)CO. The molecule has 1 aromatic carbocycles. The van der Waals surface area contributed by atoms with Crippen LogP contribution in [0.25, 0.3) is 10.4 Å². The van der Waals surface area contributed by atoms with Gasteiger partial charge in [-0.05, 0) is 97.3 Å². The summed E-state index contributed by atoms with van der Waals surface area (Å²) in [6.45, 7) is 5.63. The summed E-state index contributed by atoms with van der Waals surface area (Å²) in [6.07, 6.45) is 8.37. The maximum Gasteiger partial charge on any atom is 0.221 e. The molecule has 42 heavy (non-hydrogen) atoms. The molecule has 4 N–H and O–H groups in total. The van der Waals surface area contributed by atoms with E-state index in [2.05, 4.69) is 40.6 Å². The van der Waals surface area contributed by atoms with Crippen LogP contribution in [0.15, 0.2) is 46.0 Å². The Labute approximate surface area is 247 Å². The number of aliphatic hydroxyl groups is 2. The predicted molar refractivity (Wildman–Crippen MR) is 162 cm³/mol. The van der Waals surface area contributed by atoms with E-state index in [1.807, 2.05) is 12.1 Å². The van der Waals surface area contributed by atoms with E-state index in [0.29, 0.717) is 50.0 Å². The molecule has 0 unspecified atom stereocenters. The minimum absolute atomic E-state index is 0.0309. The van der Waals surface area contributed by atoms with Gasteiger partial charge in [0.05, 0.1) is 6.10 Å². The minimum atomic E-state index is -0.453. The van der Waals surface area contributed by atoms with Crippen LogP contribution >= 0.6 is 0 Å². The molecular weight excluding hydrogens is 532 g/mol. The highest BCUT2D eigenvalue weighted by Crippen LogP contribution is 2.66. The van der Waals surface area contributed by atoms with Gasteiger partial charge in [0.25, 0.3) is 0 Å². The summed E-state index contributed by atoms with van der Waals surface area (Å²) in [5, 5.41) is 30.8. The molecule has 0 saturated heterocycles. The number of azide groups is 1. The van der Waals surface area contributed by atoms with E-state index in [-0.39, 0.29) is 34.4 Å². The number of rotatable bonds is 10. The van der Waals surface area contributed by atoms with E-state index in [9.17, 15) is 19.8 Å². The number of benzene rings is 1. The van der Waals surface area contributed by atoms with Crippen molar-refractivity contribution in [1.29, 1.82) is 0 Å². The van der Waals surface area contributed by atoms with Gasteiger partial charge in [0.15, 0.2) is 5.78 Å². The fourth-order valence-corrected chi connectivity index (χ4v) is 8.96. The first-order chi connectivity index (χ1) is 20.2. The molecule has 1 aromatic rings. The molecule has 0 heterocycles. The molecule has 0 bridgehead atoms. The fraction of sp³-hybridized carbons (Fsp3) is 0.656. The number of ketones is 1. The van der Waals surface area contributed by atoms with Crippen LogP contribution in [0.3, 0.4) is 0 Å². The van der Waals surface area contributed by atoms with E-state index >= 15 is 0 Å². The van der Waals surface area contributed by atoms with Crippen molar-refractivity contribution >= 4 is 28.8 Å². The van der Waals surface area contributed by atoms with Crippen LogP contribution in [-0.4, -0.2) is 60.0 Å². The lowest BCUT2D eigenvalue weighted by Crippen LogP contribution is -2.57. The lowest BCUT2D eigenvalue weighted by Gasteiger charge is -2.59. The number of carbonyl (C=O) groups excluding carboxylic acids is 2. The van der Waals surface area contributed by atoms with Crippen molar-refractivity contribution < 1.29 is 19.8 Å². The van der Waals surface area contributed by atoms with Gasteiger partial charge in [0.2, 0.25) is 5.91 Å². The number of nitrogens with zero attached hydrogens (tertiary/aromatic N) is 4. The Kier molecular flexibility index (Phi) is 9.06. The highest BCUT2D eigenvalue weighted by atomic mass is 16.3. The van der Waals surface area contributed by atoms with Crippen molar-refractivity contribution in [2.45, 2.75) is 71.3 Å². The van der Waals surface area contributed by atoms with Crippen molar-refractivity contribution in [3.05, 3.63) is 46.4 Å². The molecule has 4 aliphatic rings. The second kappa shape index (κ2) is 12.6. The number of hydrogen-bond acceptors (Lipinski definition) is 7. The van der Waals surface area contributed by atoms with Crippen molar-refractivity contribution in [3.8, 4) is 0 Å². The molecule has 3 saturated carbocycles. The van der Waals surface area contributed by atoms with Crippen molar-refractivity contribution in [2.75, 3.05) is 31.6 Å². The van der Waals surface area contributed by atoms with E-state index in [4.69, 9.17) is 10.5 Å². The van der Waals surface area contributed by atoms with E-state index in [1.54, 1.807) is 12.1 Å². The number of aliphatic hydroxyl groups excluding tert-OH is 2. The molecular formula is C32H44N6O4. The molecule has 5 rings (SSSR count). The zero-order valence-corrected chi connectivity index (χ0v) is 24.8. The maximum absolute atomic E-state index is 12.5. The molecule has 7 atom stereocenters. The Morgan fingerprint density at radius 3 is 2.64 bits per heavy atom. The maximum atomic E-state index is 12.5. The molecule has 10 heteroatoms. The highest BCUT2D eigenvalue weighted by Gasteiger charge is 2.62. The average molecular weight is 577 g/mol. The van der Waals surface area contributed by atoms with Crippen LogP contribution in [0.4, 0.5) is 11.4 Å². The molecule has 4 aliphatic carbocycles. The first-order valence-corrected chi connectivity index (χ1v) is 15.4. The Morgan fingerprint density at radius 1 is 1.12 bits per heavy atom. The number of hydrogen-bond donors (Lipinski definition) is 4. The van der Waals surface area contributed by atoms with Crippen LogP contribution in [0.2, 0.25) is 0 Å². The second-order valence-corrected chi connectivity index (χ2v) is 13.1. The number of allylic oxidation sites excluding steroid dienone is 2. The number of nitrogens with one attached hydrogen (secondary N) is 2. The number of amides is 1. The molecule has 1 amide bonds. The number of Topliss-reactive ketones (excluding diaryl/α,β-unsaturated/α-hetero) is 1. The molecule has 0 radical (unpaired) electrons. The van der Waals surface area contributed by atoms with Gasteiger partial charge in [0.1, 0.15) is 6.61 Å². The Balaban J connectivity index is 1.12. The second-order valence-electron chi connectivity index (χ2n) is 13.1. The van der Waals surface area contributed by atoms with E-state index < -0.39 is 12.7 Å². The molecule has 0 spiro atoms. The van der Waals surface area contributed by atoms with Crippen molar-refractivity contribution in [1.82, 2.24) is 5.32 Å². The first kappa shape index (κ1) is 30.3. The van der Waals surface area contributed by atoms with Gasteiger partial charge in [-0.25, -0.2) is 0 Å². The van der Waals surface area contributed by atoms with Gasteiger partial charge < -0.3 is 20.8 Å². The molecule has 3 fully saturated rings. The van der Waals surface area contributed by atoms with E-state index in [0.717, 1.165) is 49.9 Å². The zero-order valence-electron chi connectivity index (χ0n) is 24.8. The number of aliphatic imine (C=N–C) groups is 1. The van der Waals surface area contributed by atoms with Crippen LogP contribution in [0.1, 0.15) is 65.2 Å². The minimum Gasteiger partial charge on any atom is -0.393 e. The average Bonchev–Trinajstić information content (AvgIpc) is 3.32. The summed E-state index contributed by atoms with van der Waals surface area (Å²) in [7, 11) is 0. The molecule has 0 aliphatic heterocycles. The number of anilines is 1. The van der Waals surface area contributed by atoms with Gasteiger partial charge in [-0.15, -0.1) is 0 Å². The summed E-state index contributed by atoms with van der Waals surface area (Å²) in [4.78, 5) is 32.4. The smallest absolute Gasteiger partial charge is 0.221 e. The predicted octanol–water partition coefficient (Wildman–Crippen LogP) is 5.10. The molecule has 226 valence electrons. The Morgan fingerprint density at radius 2 is 1.90 bits per heavy atom. The Bertz CT molecular complexity index is 1290. The molecule has 10 nitrogen and oxygen atoms in total. The van der Waals surface area contributed by atoms with Gasteiger partial charge in [-0.1, -0.05) is 36.7 Å². The zero-order chi connectivity index (χ0) is 29.9. The third kappa shape index (κ3) is 5.85. The number of carbonyl (C=O) groups is 2. The topological polar surface area (TPSA) is 160 Å². The molecule has 0 aromatic heterocycles. The van der Waals surface area contributed by atoms with Crippen LogP contribution in [0.5, 0.6) is 0 Å². The fourth-order valence-electron chi connectivity index (χ4n) is 8.96. The third-order valence-corrected chi connectivity index (χ3v) is 10.9. The van der Waals surface area contributed by atoms with Gasteiger partial charge in [0, 0.05) is 54.0 Å². The summed E-state index contributed by atoms with van der Waals surface area (Å²) in [5.41, 5.74) is 12.0. The quantitative estimate of drug-likeness (QED) is 0.132. The summed E-state index contributed by atoms with van der Waals surface area (Å²) < 4.78 is 0. The normalized spacial score (nSPS) is 34.3. The summed E-state index contributed by atoms with van der Waals surface area (Å²) >= 11 is 0. The van der Waals surface area contributed by atoms with Crippen LogP contribution < -0.4 is 10.6 Å². The number of fused-ring (bicyclic) bond motifs is 5. The Hall–Kier alpha value is -3.20. The standard InChI is InChI=1S/C32H44N6O4/c1-31-13-11-23(34-14-12-29(42)36-16-15-35-21-4-6-22(7-5-21)37-38-33)17-20(31)3-8-24-25-9-10-26(28(41)19-39)32(25,2)18-27(40)30(24)31/h4-7,17,24-27,30,35,39-40H,3,8-16,18-19H2,1-2H3,(H,36,42)/t24-,25-,26+,27-,30+,31-,32-/m0/s1. The monoisotopic (exact) mass is 576 g/mol. The van der Waals surface area contributed by atoms with Gasteiger partial charge >= 0.3 is 0 Å². The third-order valence-electron chi connectivity index (χ3n) is 10.9. The van der Waals surface area contributed by atoms with Crippen molar-refractivity contribution in [2.24, 2.45) is 44.6 Å².